The quantitative estimate of drug-likeness (QED) is 0.477. The van der Waals surface area contributed by atoms with Gasteiger partial charge >= 0.3 is 0 Å². The van der Waals surface area contributed by atoms with Crippen LogP contribution >= 0.6 is 7.37 Å². The molecule has 0 saturated carbocycles. The monoisotopic (exact) mass is 314 g/mol. The minimum atomic E-state index is -3.08. The first-order valence-corrected chi connectivity index (χ1v) is 9.37. The molecular formula is C16H27O4P. The largest absolute Gasteiger partial charge is 0.342 e. The molecule has 0 bridgehead atoms. The van der Waals surface area contributed by atoms with E-state index in [0.29, 0.717) is 32.4 Å². The molecule has 0 heterocycles. The van der Waals surface area contributed by atoms with Crippen LogP contribution in [0, 0.1) is 0 Å². The molecule has 0 aliphatic carbocycles. The maximum absolute atomic E-state index is 13.3. The van der Waals surface area contributed by atoms with E-state index in [1.54, 1.807) is 6.92 Å². The summed E-state index contributed by atoms with van der Waals surface area (Å²) in [5, 5.41) is 0. The number of ether oxygens (including phenoxy) is 2. The molecule has 4 nitrogen and oxygen atoms in total. The molecule has 5 heteroatoms. The molecule has 1 atom stereocenters. The van der Waals surface area contributed by atoms with Gasteiger partial charge in [0.2, 0.25) is 5.53 Å². The van der Waals surface area contributed by atoms with Gasteiger partial charge in [-0.05, 0) is 39.7 Å². The van der Waals surface area contributed by atoms with Gasteiger partial charge in [-0.25, -0.2) is 0 Å². The Morgan fingerprint density at radius 2 is 1.57 bits per heavy atom. The second kappa shape index (κ2) is 8.70. The molecule has 120 valence electrons. The normalized spacial score (nSPS) is 14.9. The van der Waals surface area contributed by atoms with Crippen LogP contribution in [-0.4, -0.2) is 31.5 Å². The smallest absolute Gasteiger partial charge is 0.260 e. The minimum absolute atomic E-state index is 0.377. The Morgan fingerprint density at radius 3 is 2.05 bits per heavy atom. The first-order chi connectivity index (χ1) is 10.0. The Labute approximate surface area is 128 Å². The van der Waals surface area contributed by atoms with Crippen molar-refractivity contribution in [2.45, 2.75) is 39.6 Å². The molecule has 0 amide bonds. The molecule has 0 unspecified atom stereocenters. The van der Waals surface area contributed by atoms with E-state index in [1.807, 2.05) is 51.1 Å². The predicted octanol–water partition coefficient (Wildman–Crippen LogP) is 4.29. The molecule has 0 spiro atoms. The molecule has 0 N–H and O–H groups in total. The number of rotatable bonds is 10. The van der Waals surface area contributed by atoms with Crippen molar-refractivity contribution in [1.29, 1.82) is 0 Å². The topological polar surface area (TPSA) is 44.8 Å². The van der Waals surface area contributed by atoms with E-state index in [0.717, 1.165) is 5.56 Å². The van der Waals surface area contributed by atoms with Crippen LogP contribution in [0.1, 0.15) is 33.3 Å². The van der Waals surface area contributed by atoms with Crippen molar-refractivity contribution in [2.24, 2.45) is 0 Å². The number of hydrogen-bond acceptors (Lipinski definition) is 4. The zero-order valence-corrected chi connectivity index (χ0v) is 14.4. The van der Waals surface area contributed by atoms with Gasteiger partial charge in [0, 0.05) is 19.4 Å². The van der Waals surface area contributed by atoms with Crippen molar-refractivity contribution < 1.29 is 18.6 Å². The van der Waals surface area contributed by atoms with Crippen LogP contribution in [0.2, 0.25) is 0 Å². The molecule has 1 aromatic carbocycles. The highest BCUT2D eigenvalue weighted by molar-refractivity contribution is 7.60. The summed E-state index contributed by atoms with van der Waals surface area (Å²) in [6, 6.07) is 9.97. The third kappa shape index (κ3) is 4.93. The highest BCUT2D eigenvalue weighted by Crippen LogP contribution is 2.60. The average Bonchev–Trinajstić information content (AvgIpc) is 2.47. The number of benzene rings is 1. The molecule has 0 radical (unpaired) electrons. The molecule has 0 saturated heterocycles. The van der Waals surface area contributed by atoms with Crippen LogP contribution < -0.4 is 0 Å². The Morgan fingerprint density at radius 1 is 1.00 bits per heavy atom. The number of hydrogen-bond donors (Lipinski definition) is 0. The summed E-state index contributed by atoms with van der Waals surface area (Å²) < 4.78 is 30.3. The van der Waals surface area contributed by atoms with Crippen LogP contribution in [0.5, 0.6) is 0 Å². The maximum atomic E-state index is 13.3. The second-order valence-corrected chi connectivity index (χ2v) is 7.68. The standard InChI is InChI=1S/C16H27O4P/c1-5-18-16(4,19-6-2)21(17,20-7-3)14-13-15-11-9-8-10-12-15/h8-12H,5-7,13-14H2,1-4H3/t21-/m0/s1. The van der Waals surface area contributed by atoms with Crippen molar-refractivity contribution >= 4 is 7.37 Å². The molecule has 1 aromatic rings. The first kappa shape index (κ1) is 18.4. The third-order valence-corrected chi connectivity index (χ3v) is 6.30. The maximum Gasteiger partial charge on any atom is 0.260 e. The van der Waals surface area contributed by atoms with Crippen LogP contribution in [-0.2, 0) is 25.0 Å². The van der Waals surface area contributed by atoms with E-state index >= 15 is 0 Å². The zero-order chi connectivity index (χ0) is 15.8. The van der Waals surface area contributed by atoms with Gasteiger partial charge in [-0.1, -0.05) is 30.3 Å². The zero-order valence-electron chi connectivity index (χ0n) is 13.5. The van der Waals surface area contributed by atoms with E-state index in [1.165, 1.54) is 0 Å². The van der Waals surface area contributed by atoms with Crippen LogP contribution in [0.15, 0.2) is 30.3 Å². The SMILES string of the molecule is CCOC(C)(OCC)[P@](=O)(CCc1ccccc1)OCC. The van der Waals surface area contributed by atoms with Gasteiger partial charge in [0.15, 0.2) is 0 Å². The van der Waals surface area contributed by atoms with Crippen molar-refractivity contribution in [1.82, 2.24) is 0 Å². The van der Waals surface area contributed by atoms with Gasteiger partial charge in [-0.2, -0.15) is 0 Å². The number of aryl methyl sites for hydroxylation is 1. The van der Waals surface area contributed by atoms with E-state index < -0.39 is 12.9 Å². The van der Waals surface area contributed by atoms with Crippen molar-refractivity contribution in [3.05, 3.63) is 35.9 Å². The molecule has 0 aliphatic heterocycles. The predicted molar refractivity (Wildman–Crippen MR) is 85.9 cm³/mol. The summed E-state index contributed by atoms with van der Waals surface area (Å²) >= 11 is 0. The molecule has 1 rings (SSSR count). The summed E-state index contributed by atoms with van der Waals surface area (Å²) in [7, 11) is -3.08. The second-order valence-electron chi connectivity index (χ2n) is 4.81. The lowest BCUT2D eigenvalue weighted by Crippen LogP contribution is -2.35. The fourth-order valence-electron chi connectivity index (χ4n) is 2.29. The average molecular weight is 314 g/mol. The van der Waals surface area contributed by atoms with E-state index in [-0.39, 0.29) is 0 Å². The molecule has 0 fully saturated rings. The summed E-state index contributed by atoms with van der Waals surface area (Å²) in [6.45, 7) is 8.53. The highest BCUT2D eigenvalue weighted by Gasteiger charge is 2.47. The lowest BCUT2D eigenvalue weighted by Gasteiger charge is -2.36. The van der Waals surface area contributed by atoms with Crippen molar-refractivity contribution in [3.63, 3.8) is 0 Å². The Hall–Kier alpha value is -0.670. The van der Waals surface area contributed by atoms with Crippen LogP contribution in [0.3, 0.4) is 0 Å². The Kier molecular flexibility index (Phi) is 7.61. The minimum Gasteiger partial charge on any atom is -0.342 e. The molecule has 0 aliphatic rings. The molecular weight excluding hydrogens is 287 g/mol. The summed E-state index contributed by atoms with van der Waals surface area (Å²) in [4.78, 5) is 0. The summed E-state index contributed by atoms with van der Waals surface area (Å²) in [6.07, 6.45) is 1.08. The van der Waals surface area contributed by atoms with E-state index in [9.17, 15) is 4.57 Å². The van der Waals surface area contributed by atoms with Gasteiger partial charge in [-0.3, -0.25) is 4.57 Å². The van der Waals surface area contributed by atoms with Gasteiger partial charge in [0.25, 0.3) is 7.37 Å². The fraction of sp³-hybridized carbons (Fsp3) is 0.625. The van der Waals surface area contributed by atoms with E-state index in [2.05, 4.69) is 0 Å². The lowest BCUT2D eigenvalue weighted by molar-refractivity contribution is -0.167. The van der Waals surface area contributed by atoms with Crippen molar-refractivity contribution in [3.8, 4) is 0 Å². The molecule has 21 heavy (non-hydrogen) atoms. The fourth-order valence-corrected chi connectivity index (χ4v) is 4.68. The highest BCUT2D eigenvalue weighted by atomic mass is 31.2. The third-order valence-electron chi connectivity index (χ3n) is 3.32. The van der Waals surface area contributed by atoms with Gasteiger partial charge in [-0.15, -0.1) is 0 Å². The van der Waals surface area contributed by atoms with Crippen LogP contribution in [0.25, 0.3) is 0 Å². The first-order valence-electron chi connectivity index (χ1n) is 7.56. The van der Waals surface area contributed by atoms with Gasteiger partial charge in [0.05, 0.1) is 6.61 Å². The van der Waals surface area contributed by atoms with E-state index in [4.69, 9.17) is 14.0 Å². The molecule has 0 aromatic heterocycles. The van der Waals surface area contributed by atoms with Gasteiger partial charge < -0.3 is 14.0 Å². The van der Waals surface area contributed by atoms with Crippen LogP contribution in [0.4, 0.5) is 0 Å². The van der Waals surface area contributed by atoms with Gasteiger partial charge in [0.1, 0.15) is 0 Å². The van der Waals surface area contributed by atoms with Crippen molar-refractivity contribution in [2.75, 3.05) is 26.0 Å². The summed E-state index contributed by atoms with van der Waals surface area (Å²) in [5.74, 6) is 0. The summed E-state index contributed by atoms with van der Waals surface area (Å²) in [5.41, 5.74) is -0.0471. The Bertz CT molecular complexity index is 441. The lowest BCUT2D eigenvalue weighted by atomic mass is 10.2. The Balaban J connectivity index is 2.91.